The van der Waals surface area contributed by atoms with Gasteiger partial charge in [-0.05, 0) is 25.7 Å². The zero-order chi connectivity index (χ0) is 19.3. The van der Waals surface area contributed by atoms with Crippen LogP contribution in [0.4, 0.5) is 5.69 Å². The number of nitro groups is 1. The second-order valence-corrected chi connectivity index (χ2v) is 6.04. The molecule has 1 heterocycles. The molecule has 26 heavy (non-hydrogen) atoms. The molecular weight excluding hydrogens is 344 g/mol. The summed E-state index contributed by atoms with van der Waals surface area (Å²) in [5, 5.41) is 20.3. The smallest absolute Gasteiger partial charge is 0.303 e. The van der Waals surface area contributed by atoms with E-state index >= 15 is 0 Å². The number of carbonyl (C=O) groups is 2. The first kappa shape index (κ1) is 19.5. The summed E-state index contributed by atoms with van der Waals surface area (Å²) in [6, 6.07) is 2.53. The average molecular weight is 366 g/mol. The molecule has 1 saturated heterocycles. The number of hydrogen-bond acceptors (Lipinski definition) is 6. The van der Waals surface area contributed by atoms with Crippen molar-refractivity contribution >= 4 is 17.6 Å². The van der Waals surface area contributed by atoms with Gasteiger partial charge in [0.05, 0.1) is 24.7 Å². The Kier molecular flexibility index (Phi) is 6.37. The molecular formula is C17H22N2O7. The van der Waals surface area contributed by atoms with Crippen LogP contribution in [0.1, 0.15) is 36.5 Å². The minimum absolute atomic E-state index is 0.0152. The van der Waals surface area contributed by atoms with Gasteiger partial charge in [-0.1, -0.05) is 0 Å². The summed E-state index contributed by atoms with van der Waals surface area (Å²) in [4.78, 5) is 35.9. The molecule has 0 atom stereocenters. The lowest BCUT2D eigenvalue weighted by atomic mass is 9.93. The van der Waals surface area contributed by atoms with E-state index in [0.29, 0.717) is 32.5 Å². The largest absolute Gasteiger partial charge is 0.493 e. The highest BCUT2D eigenvalue weighted by Gasteiger charge is 2.30. The normalized spacial score (nSPS) is 14.8. The van der Waals surface area contributed by atoms with E-state index in [1.165, 1.54) is 24.1 Å². The molecule has 9 nitrogen and oxygen atoms in total. The number of carboxylic acid groups (broad SMARTS) is 1. The lowest BCUT2D eigenvalue weighted by Crippen LogP contribution is -2.39. The highest BCUT2D eigenvalue weighted by atomic mass is 16.6. The molecule has 1 aromatic carbocycles. The summed E-state index contributed by atoms with van der Waals surface area (Å²) in [7, 11) is 1.37. The van der Waals surface area contributed by atoms with Crippen molar-refractivity contribution in [2.24, 2.45) is 5.92 Å². The number of methoxy groups -OCH3 is 1. The summed E-state index contributed by atoms with van der Waals surface area (Å²) in [5.74, 6) is -0.850. The maximum Gasteiger partial charge on any atom is 0.303 e. The number of nitro benzene ring substituents is 1. The van der Waals surface area contributed by atoms with E-state index in [1.54, 1.807) is 6.92 Å². The van der Waals surface area contributed by atoms with E-state index < -0.39 is 16.8 Å². The number of likely N-dealkylation sites (tertiary alicyclic amines) is 1. The highest BCUT2D eigenvalue weighted by Crippen LogP contribution is 2.36. The number of amides is 1. The molecule has 142 valence electrons. The van der Waals surface area contributed by atoms with Gasteiger partial charge in [0.1, 0.15) is 5.56 Å². The number of piperidine rings is 1. The number of rotatable bonds is 7. The fraction of sp³-hybridized carbons (Fsp3) is 0.529. The van der Waals surface area contributed by atoms with Gasteiger partial charge in [-0.15, -0.1) is 0 Å². The van der Waals surface area contributed by atoms with E-state index in [4.69, 9.17) is 14.6 Å². The van der Waals surface area contributed by atoms with Crippen LogP contribution < -0.4 is 9.47 Å². The Labute approximate surface area is 150 Å². The van der Waals surface area contributed by atoms with E-state index in [9.17, 15) is 19.7 Å². The second-order valence-electron chi connectivity index (χ2n) is 6.04. The zero-order valence-corrected chi connectivity index (χ0v) is 14.8. The van der Waals surface area contributed by atoms with Crippen LogP contribution in [0.25, 0.3) is 0 Å². The predicted octanol–water partition coefficient (Wildman–Crippen LogP) is 2.33. The minimum Gasteiger partial charge on any atom is -0.493 e. The number of carbonyl (C=O) groups excluding carboxylic acids is 1. The number of hydrogen-bond donors (Lipinski definition) is 1. The molecule has 0 saturated carbocycles. The van der Waals surface area contributed by atoms with Gasteiger partial charge in [-0.25, -0.2) is 0 Å². The number of ether oxygens (including phenoxy) is 2. The first-order valence-electron chi connectivity index (χ1n) is 8.37. The maximum absolute atomic E-state index is 12.8. The molecule has 0 unspecified atom stereocenters. The molecule has 1 aliphatic heterocycles. The average Bonchev–Trinajstić information content (AvgIpc) is 2.61. The lowest BCUT2D eigenvalue weighted by Gasteiger charge is -2.31. The van der Waals surface area contributed by atoms with Crippen molar-refractivity contribution in [2.75, 3.05) is 26.8 Å². The Hall–Kier alpha value is -2.84. The van der Waals surface area contributed by atoms with Crippen LogP contribution in [0.5, 0.6) is 11.5 Å². The van der Waals surface area contributed by atoms with Gasteiger partial charge in [-0.3, -0.25) is 19.7 Å². The van der Waals surface area contributed by atoms with E-state index in [-0.39, 0.29) is 35.1 Å². The summed E-state index contributed by atoms with van der Waals surface area (Å²) < 4.78 is 10.5. The zero-order valence-electron chi connectivity index (χ0n) is 14.8. The molecule has 1 aromatic rings. The molecule has 0 spiro atoms. The summed E-state index contributed by atoms with van der Waals surface area (Å²) in [5.41, 5.74) is -0.404. The van der Waals surface area contributed by atoms with Crippen molar-refractivity contribution in [3.63, 3.8) is 0 Å². The van der Waals surface area contributed by atoms with Gasteiger partial charge in [0.15, 0.2) is 11.5 Å². The third kappa shape index (κ3) is 4.41. The van der Waals surface area contributed by atoms with Crippen LogP contribution in [0.15, 0.2) is 12.1 Å². The summed E-state index contributed by atoms with van der Waals surface area (Å²) in [6.07, 6.45) is 1.18. The Morgan fingerprint density at radius 3 is 2.46 bits per heavy atom. The number of nitrogens with zero attached hydrogens (tertiary/aromatic N) is 2. The molecule has 2 rings (SSSR count). The lowest BCUT2D eigenvalue weighted by molar-refractivity contribution is -0.385. The molecule has 1 N–H and O–H groups in total. The van der Waals surface area contributed by atoms with E-state index in [2.05, 4.69) is 0 Å². The van der Waals surface area contributed by atoms with Crippen LogP contribution in [-0.4, -0.2) is 53.6 Å². The summed E-state index contributed by atoms with van der Waals surface area (Å²) in [6.45, 7) is 2.81. The summed E-state index contributed by atoms with van der Waals surface area (Å²) >= 11 is 0. The molecule has 1 fully saturated rings. The van der Waals surface area contributed by atoms with Gasteiger partial charge in [0.25, 0.3) is 11.6 Å². The fourth-order valence-corrected chi connectivity index (χ4v) is 3.06. The van der Waals surface area contributed by atoms with Crippen molar-refractivity contribution < 1.29 is 29.1 Å². The first-order chi connectivity index (χ1) is 12.4. The van der Waals surface area contributed by atoms with Crippen LogP contribution in [0, 0.1) is 16.0 Å². The maximum atomic E-state index is 12.8. The predicted molar refractivity (Wildman–Crippen MR) is 91.7 cm³/mol. The molecule has 1 amide bonds. The van der Waals surface area contributed by atoms with Crippen LogP contribution >= 0.6 is 0 Å². The highest BCUT2D eigenvalue weighted by molar-refractivity contribution is 5.99. The van der Waals surface area contributed by atoms with Crippen LogP contribution in [-0.2, 0) is 4.79 Å². The monoisotopic (exact) mass is 366 g/mol. The van der Waals surface area contributed by atoms with Crippen LogP contribution in [0.2, 0.25) is 0 Å². The second kappa shape index (κ2) is 8.50. The SMILES string of the molecule is CCOc1cc(C(=O)N2CCC(CC(=O)O)CC2)c([N+](=O)[O-])cc1OC. The van der Waals surface area contributed by atoms with Crippen molar-refractivity contribution in [1.82, 2.24) is 4.90 Å². The number of benzene rings is 1. The Morgan fingerprint density at radius 2 is 1.96 bits per heavy atom. The molecule has 0 radical (unpaired) electrons. The third-order valence-corrected chi connectivity index (χ3v) is 4.37. The van der Waals surface area contributed by atoms with Crippen molar-refractivity contribution in [3.8, 4) is 11.5 Å². The molecule has 0 aliphatic carbocycles. The number of aliphatic carboxylic acids is 1. The molecule has 9 heteroatoms. The Morgan fingerprint density at radius 1 is 1.31 bits per heavy atom. The van der Waals surface area contributed by atoms with Gasteiger partial charge in [0, 0.05) is 25.6 Å². The van der Waals surface area contributed by atoms with E-state index in [0.717, 1.165) is 0 Å². The molecule has 0 bridgehead atoms. The topological polar surface area (TPSA) is 119 Å². The fourth-order valence-electron chi connectivity index (χ4n) is 3.06. The Bertz CT molecular complexity index is 697. The van der Waals surface area contributed by atoms with Gasteiger partial charge < -0.3 is 19.5 Å². The molecule has 1 aliphatic rings. The van der Waals surface area contributed by atoms with Gasteiger partial charge in [-0.2, -0.15) is 0 Å². The van der Waals surface area contributed by atoms with Gasteiger partial charge >= 0.3 is 5.97 Å². The van der Waals surface area contributed by atoms with Crippen molar-refractivity contribution in [2.45, 2.75) is 26.2 Å². The van der Waals surface area contributed by atoms with Gasteiger partial charge in [0.2, 0.25) is 0 Å². The first-order valence-corrected chi connectivity index (χ1v) is 8.37. The van der Waals surface area contributed by atoms with E-state index in [1.807, 2.05) is 0 Å². The van der Waals surface area contributed by atoms with Crippen molar-refractivity contribution in [3.05, 3.63) is 27.8 Å². The quantitative estimate of drug-likeness (QED) is 0.581. The number of carboxylic acids is 1. The minimum atomic E-state index is -0.859. The Balaban J connectivity index is 2.26. The molecule has 0 aromatic heterocycles. The van der Waals surface area contributed by atoms with Crippen molar-refractivity contribution in [1.29, 1.82) is 0 Å². The van der Waals surface area contributed by atoms with Crippen LogP contribution in [0.3, 0.4) is 0 Å². The standard InChI is InChI=1S/C17H22N2O7/c1-3-26-15-9-12(13(19(23)24)10-14(15)25-2)17(22)18-6-4-11(5-7-18)8-16(20)21/h9-11H,3-8H2,1-2H3,(H,20,21). The third-order valence-electron chi connectivity index (χ3n) is 4.37.